The van der Waals surface area contributed by atoms with Crippen molar-refractivity contribution in [1.82, 2.24) is 9.80 Å². The molecule has 1 heterocycles. The quantitative estimate of drug-likeness (QED) is 0.783. The number of amides is 1. The minimum absolute atomic E-state index is 0.0688. The molecule has 1 saturated heterocycles. The predicted molar refractivity (Wildman–Crippen MR) is 104 cm³/mol. The molecule has 1 fully saturated rings. The van der Waals surface area contributed by atoms with Crippen molar-refractivity contribution < 1.29 is 19.0 Å². The first-order valence-corrected chi connectivity index (χ1v) is 9.01. The number of hydrogen-bond donors (Lipinski definition) is 0. The number of methoxy groups -OCH3 is 3. The molecular formula is C21H26N2O4. The van der Waals surface area contributed by atoms with E-state index in [2.05, 4.69) is 4.90 Å². The van der Waals surface area contributed by atoms with Crippen molar-refractivity contribution in [2.75, 3.05) is 47.5 Å². The van der Waals surface area contributed by atoms with Crippen molar-refractivity contribution in [2.24, 2.45) is 0 Å². The van der Waals surface area contributed by atoms with Crippen molar-refractivity contribution >= 4 is 5.91 Å². The first-order valence-electron chi connectivity index (χ1n) is 9.01. The smallest absolute Gasteiger partial charge is 0.253 e. The summed E-state index contributed by atoms with van der Waals surface area (Å²) in [7, 11) is 4.94. The summed E-state index contributed by atoms with van der Waals surface area (Å²) in [4.78, 5) is 16.9. The SMILES string of the molecule is COc1ccc(C(=O)N2CCN(Cc3ccc(OC)cc3OC)CC2)cc1. The Hall–Kier alpha value is -2.73. The molecule has 0 N–H and O–H groups in total. The Kier molecular flexibility index (Phi) is 6.19. The van der Waals surface area contributed by atoms with E-state index in [-0.39, 0.29) is 5.91 Å². The van der Waals surface area contributed by atoms with Crippen LogP contribution in [-0.2, 0) is 6.54 Å². The van der Waals surface area contributed by atoms with E-state index < -0.39 is 0 Å². The predicted octanol–water partition coefficient (Wildman–Crippen LogP) is 2.67. The van der Waals surface area contributed by atoms with Gasteiger partial charge in [0.25, 0.3) is 5.91 Å². The normalized spacial score (nSPS) is 14.7. The topological polar surface area (TPSA) is 51.2 Å². The number of rotatable bonds is 6. The van der Waals surface area contributed by atoms with Crippen LogP contribution in [0.4, 0.5) is 0 Å². The van der Waals surface area contributed by atoms with Crippen LogP contribution in [0.5, 0.6) is 17.2 Å². The molecular weight excluding hydrogens is 344 g/mol. The first-order chi connectivity index (χ1) is 13.1. The molecule has 0 unspecified atom stereocenters. The zero-order chi connectivity index (χ0) is 19.2. The number of ether oxygens (including phenoxy) is 3. The summed E-state index contributed by atoms with van der Waals surface area (Å²) in [6, 6.07) is 13.1. The molecule has 0 atom stereocenters. The van der Waals surface area contributed by atoms with E-state index in [4.69, 9.17) is 14.2 Å². The molecule has 1 aliphatic rings. The van der Waals surface area contributed by atoms with Gasteiger partial charge in [0.15, 0.2) is 0 Å². The molecule has 144 valence electrons. The van der Waals surface area contributed by atoms with E-state index in [0.717, 1.165) is 42.4 Å². The third kappa shape index (κ3) is 4.52. The number of carbonyl (C=O) groups is 1. The number of benzene rings is 2. The number of hydrogen-bond acceptors (Lipinski definition) is 5. The minimum Gasteiger partial charge on any atom is -0.497 e. The van der Waals surface area contributed by atoms with Crippen molar-refractivity contribution in [3.63, 3.8) is 0 Å². The Morgan fingerprint density at radius 1 is 0.852 bits per heavy atom. The van der Waals surface area contributed by atoms with Crippen LogP contribution < -0.4 is 14.2 Å². The Morgan fingerprint density at radius 3 is 2.07 bits per heavy atom. The molecule has 0 spiro atoms. The summed E-state index contributed by atoms with van der Waals surface area (Å²) in [6.45, 7) is 3.87. The van der Waals surface area contributed by atoms with Gasteiger partial charge in [-0.15, -0.1) is 0 Å². The molecule has 0 bridgehead atoms. The number of nitrogens with zero attached hydrogens (tertiary/aromatic N) is 2. The molecule has 0 radical (unpaired) electrons. The van der Waals surface area contributed by atoms with E-state index in [9.17, 15) is 4.79 Å². The lowest BCUT2D eigenvalue weighted by atomic mass is 10.1. The molecule has 0 aromatic heterocycles. The van der Waals surface area contributed by atoms with Gasteiger partial charge < -0.3 is 19.1 Å². The molecule has 6 nitrogen and oxygen atoms in total. The van der Waals surface area contributed by atoms with Crippen LogP contribution in [0.15, 0.2) is 42.5 Å². The summed E-state index contributed by atoms with van der Waals surface area (Å²) in [6.07, 6.45) is 0. The highest BCUT2D eigenvalue weighted by Crippen LogP contribution is 2.26. The van der Waals surface area contributed by atoms with E-state index in [1.807, 2.05) is 47.4 Å². The second-order valence-electron chi connectivity index (χ2n) is 6.47. The molecule has 6 heteroatoms. The number of piperazine rings is 1. The zero-order valence-corrected chi connectivity index (χ0v) is 16.1. The van der Waals surface area contributed by atoms with Gasteiger partial charge in [-0.25, -0.2) is 0 Å². The average Bonchev–Trinajstić information content (AvgIpc) is 2.74. The van der Waals surface area contributed by atoms with Crippen LogP contribution in [0.2, 0.25) is 0 Å². The molecule has 27 heavy (non-hydrogen) atoms. The highest BCUT2D eigenvalue weighted by atomic mass is 16.5. The third-order valence-electron chi connectivity index (χ3n) is 4.88. The maximum atomic E-state index is 12.7. The molecule has 3 rings (SSSR count). The summed E-state index contributed by atoms with van der Waals surface area (Å²) in [5.41, 5.74) is 1.81. The van der Waals surface area contributed by atoms with Gasteiger partial charge in [-0.3, -0.25) is 9.69 Å². The first kappa shape index (κ1) is 19.0. The Bertz CT molecular complexity index is 768. The lowest BCUT2D eigenvalue weighted by Gasteiger charge is -2.35. The fourth-order valence-corrected chi connectivity index (χ4v) is 3.25. The minimum atomic E-state index is 0.0688. The van der Waals surface area contributed by atoms with Crippen molar-refractivity contribution in [3.8, 4) is 17.2 Å². The van der Waals surface area contributed by atoms with Gasteiger partial charge >= 0.3 is 0 Å². The third-order valence-corrected chi connectivity index (χ3v) is 4.88. The summed E-state index contributed by atoms with van der Waals surface area (Å²) < 4.78 is 15.9. The van der Waals surface area contributed by atoms with E-state index in [0.29, 0.717) is 18.7 Å². The monoisotopic (exact) mass is 370 g/mol. The van der Waals surface area contributed by atoms with Gasteiger partial charge in [0, 0.05) is 49.9 Å². The molecule has 2 aromatic rings. The van der Waals surface area contributed by atoms with Gasteiger partial charge in [-0.2, -0.15) is 0 Å². The van der Waals surface area contributed by atoms with E-state index >= 15 is 0 Å². The Balaban J connectivity index is 1.58. The van der Waals surface area contributed by atoms with Crippen molar-refractivity contribution in [1.29, 1.82) is 0 Å². The number of carbonyl (C=O) groups excluding carboxylic acids is 1. The van der Waals surface area contributed by atoms with Crippen molar-refractivity contribution in [2.45, 2.75) is 6.54 Å². The second kappa shape index (κ2) is 8.77. The van der Waals surface area contributed by atoms with Gasteiger partial charge in [0.2, 0.25) is 0 Å². The summed E-state index contributed by atoms with van der Waals surface area (Å²) in [5.74, 6) is 2.43. The van der Waals surface area contributed by atoms with E-state index in [1.165, 1.54) is 0 Å². The Morgan fingerprint density at radius 2 is 1.48 bits per heavy atom. The average molecular weight is 370 g/mol. The van der Waals surface area contributed by atoms with Gasteiger partial charge in [-0.1, -0.05) is 6.07 Å². The zero-order valence-electron chi connectivity index (χ0n) is 16.1. The Labute approximate surface area is 160 Å². The fraction of sp³-hybridized carbons (Fsp3) is 0.381. The van der Waals surface area contributed by atoms with Gasteiger partial charge in [-0.05, 0) is 30.3 Å². The summed E-state index contributed by atoms with van der Waals surface area (Å²) in [5, 5.41) is 0. The van der Waals surface area contributed by atoms with Crippen LogP contribution in [-0.4, -0.2) is 63.2 Å². The van der Waals surface area contributed by atoms with Crippen LogP contribution in [0.1, 0.15) is 15.9 Å². The molecule has 1 aliphatic heterocycles. The van der Waals surface area contributed by atoms with Crippen LogP contribution in [0.25, 0.3) is 0 Å². The standard InChI is InChI=1S/C21H26N2O4/c1-25-18-7-4-16(5-8-18)21(24)23-12-10-22(11-13-23)15-17-6-9-19(26-2)14-20(17)27-3/h4-9,14H,10-13,15H2,1-3H3. The highest BCUT2D eigenvalue weighted by molar-refractivity contribution is 5.94. The van der Waals surface area contributed by atoms with Crippen molar-refractivity contribution in [3.05, 3.63) is 53.6 Å². The molecule has 2 aromatic carbocycles. The van der Waals surface area contributed by atoms with Crippen LogP contribution >= 0.6 is 0 Å². The summed E-state index contributed by atoms with van der Waals surface area (Å²) >= 11 is 0. The van der Waals surface area contributed by atoms with E-state index in [1.54, 1.807) is 21.3 Å². The molecule has 0 aliphatic carbocycles. The lowest BCUT2D eigenvalue weighted by Crippen LogP contribution is -2.48. The largest absolute Gasteiger partial charge is 0.497 e. The molecule has 1 amide bonds. The molecule has 0 saturated carbocycles. The fourth-order valence-electron chi connectivity index (χ4n) is 3.25. The maximum Gasteiger partial charge on any atom is 0.253 e. The second-order valence-corrected chi connectivity index (χ2v) is 6.47. The van der Waals surface area contributed by atoms with Gasteiger partial charge in [0.05, 0.1) is 21.3 Å². The maximum absolute atomic E-state index is 12.7. The van der Waals surface area contributed by atoms with Gasteiger partial charge in [0.1, 0.15) is 17.2 Å². The van der Waals surface area contributed by atoms with Crippen LogP contribution in [0.3, 0.4) is 0 Å². The highest BCUT2D eigenvalue weighted by Gasteiger charge is 2.23. The lowest BCUT2D eigenvalue weighted by molar-refractivity contribution is 0.0627. The van der Waals surface area contributed by atoms with Crippen LogP contribution in [0, 0.1) is 0 Å².